The van der Waals surface area contributed by atoms with Gasteiger partial charge in [0.2, 0.25) is 0 Å². The van der Waals surface area contributed by atoms with Gasteiger partial charge in [0.05, 0.1) is 11.1 Å². The van der Waals surface area contributed by atoms with Crippen molar-refractivity contribution in [3.05, 3.63) is 29.6 Å². The van der Waals surface area contributed by atoms with Crippen LogP contribution in [0.4, 0.5) is 0 Å². The molecule has 0 radical (unpaired) electrons. The second kappa shape index (κ2) is 4.62. The summed E-state index contributed by atoms with van der Waals surface area (Å²) in [6.07, 6.45) is 6.03. The number of hydrogen-bond donors (Lipinski definition) is 1. The molecule has 1 N–H and O–H groups in total. The number of nitrogens with zero attached hydrogens (tertiary/aromatic N) is 2. The Labute approximate surface area is 118 Å². The molecule has 0 bridgehead atoms. The fourth-order valence-corrected chi connectivity index (χ4v) is 3.61. The van der Waals surface area contributed by atoms with E-state index in [1.807, 2.05) is 19.1 Å². The van der Waals surface area contributed by atoms with E-state index in [9.17, 15) is 9.90 Å². The highest BCUT2D eigenvalue weighted by Gasteiger charge is 2.32. The molecule has 20 heavy (non-hydrogen) atoms. The predicted molar refractivity (Wildman–Crippen MR) is 78.2 cm³/mol. The van der Waals surface area contributed by atoms with Crippen LogP contribution in [-0.2, 0) is 5.54 Å². The highest BCUT2D eigenvalue weighted by molar-refractivity contribution is 6.01. The van der Waals surface area contributed by atoms with Crippen LogP contribution in [0.3, 0.4) is 0 Å². The zero-order valence-corrected chi connectivity index (χ0v) is 12.0. The Morgan fingerprint density at radius 1 is 1.30 bits per heavy atom. The molecule has 0 spiro atoms. The summed E-state index contributed by atoms with van der Waals surface area (Å²) >= 11 is 0. The van der Waals surface area contributed by atoms with Gasteiger partial charge < -0.3 is 9.67 Å². The van der Waals surface area contributed by atoms with Crippen molar-refractivity contribution >= 4 is 17.0 Å². The Bertz CT molecular complexity index is 666. The van der Waals surface area contributed by atoms with Crippen LogP contribution in [0, 0.1) is 6.92 Å². The van der Waals surface area contributed by atoms with E-state index in [0.717, 1.165) is 24.2 Å². The Balaban J connectivity index is 2.23. The summed E-state index contributed by atoms with van der Waals surface area (Å²) in [6, 6.07) is 5.43. The average Bonchev–Trinajstić information content (AvgIpc) is 2.75. The van der Waals surface area contributed by atoms with E-state index in [4.69, 9.17) is 0 Å². The quantitative estimate of drug-likeness (QED) is 0.906. The summed E-state index contributed by atoms with van der Waals surface area (Å²) in [6.45, 7) is 4.25. The molecule has 1 aromatic heterocycles. The van der Waals surface area contributed by atoms with Crippen LogP contribution < -0.4 is 0 Å². The maximum absolute atomic E-state index is 11.3. The minimum absolute atomic E-state index is 0.0637. The van der Waals surface area contributed by atoms with Crippen molar-refractivity contribution in [2.75, 3.05) is 0 Å². The molecule has 1 heterocycles. The second-order valence-electron chi connectivity index (χ2n) is 6.03. The fraction of sp³-hybridized carbons (Fsp3) is 0.500. The largest absolute Gasteiger partial charge is 0.478 e. The third-order valence-corrected chi connectivity index (χ3v) is 4.55. The van der Waals surface area contributed by atoms with Crippen LogP contribution in [0.2, 0.25) is 0 Å². The Hall–Kier alpha value is -1.84. The number of carboxylic acid groups (broad SMARTS) is 1. The van der Waals surface area contributed by atoms with Crippen LogP contribution >= 0.6 is 0 Å². The number of rotatable bonds is 2. The van der Waals surface area contributed by atoms with Crippen LogP contribution in [0.5, 0.6) is 0 Å². The van der Waals surface area contributed by atoms with Gasteiger partial charge in [0.1, 0.15) is 11.3 Å². The van der Waals surface area contributed by atoms with Gasteiger partial charge >= 0.3 is 5.97 Å². The highest BCUT2D eigenvalue weighted by atomic mass is 16.4. The van der Waals surface area contributed by atoms with Crippen molar-refractivity contribution in [3.63, 3.8) is 0 Å². The minimum atomic E-state index is -0.908. The topological polar surface area (TPSA) is 55.1 Å². The van der Waals surface area contributed by atoms with E-state index in [1.54, 1.807) is 6.07 Å². The molecule has 1 aliphatic rings. The van der Waals surface area contributed by atoms with Gasteiger partial charge in [0, 0.05) is 5.54 Å². The normalized spacial score (nSPS) is 18.3. The molecule has 2 aromatic rings. The number of aryl methyl sites for hydroxylation is 1. The van der Waals surface area contributed by atoms with E-state index in [-0.39, 0.29) is 5.54 Å². The number of hydrogen-bond acceptors (Lipinski definition) is 2. The average molecular weight is 272 g/mol. The van der Waals surface area contributed by atoms with Crippen LogP contribution in [0.25, 0.3) is 11.0 Å². The molecule has 4 heteroatoms. The number of carboxylic acids is 1. The third-order valence-electron chi connectivity index (χ3n) is 4.55. The number of aromatic nitrogens is 2. The van der Waals surface area contributed by atoms with E-state index in [0.29, 0.717) is 11.1 Å². The summed E-state index contributed by atoms with van der Waals surface area (Å²) < 4.78 is 2.26. The molecular formula is C16H20N2O2. The fourth-order valence-electron chi connectivity index (χ4n) is 3.61. The molecule has 0 unspecified atom stereocenters. The first kappa shape index (κ1) is 13.2. The predicted octanol–water partition coefficient (Wildman–Crippen LogP) is 3.72. The molecule has 1 fully saturated rings. The molecule has 106 valence electrons. The van der Waals surface area contributed by atoms with Gasteiger partial charge in [-0.3, -0.25) is 0 Å². The third kappa shape index (κ3) is 1.90. The van der Waals surface area contributed by atoms with Crippen molar-refractivity contribution in [2.45, 2.75) is 51.5 Å². The summed E-state index contributed by atoms with van der Waals surface area (Å²) in [5.41, 5.74) is 1.92. The van der Waals surface area contributed by atoms with E-state index < -0.39 is 5.97 Å². The first-order valence-corrected chi connectivity index (χ1v) is 7.25. The summed E-state index contributed by atoms with van der Waals surface area (Å²) in [7, 11) is 0. The zero-order chi connectivity index (χ0) is 14.3. The van der Waals surface area contributed by atoms with Crippen molar-refractivity contribution in [2.24, 2.45) is 0 Å². The first-order valence-electron chi connectivity index (χ1n) is 7.25. The molecule has 0 saturated heterocycles. The zero-order valence-electron chi connectivity index (χ0n) is 12.0. The van der Waals surface area contributed by atoms with Gasteiger partial charge in [-0.05, 0) is 38.8 Å². The van der Waals surface area contributed by atoms with Crippen LogP contribution in [-0.4, -0.2) is 20.6 Å². The number of aromatic carboxylic acids is 1. The molecular weight excluding hydrogens is 252 g/mol. The molecule has 1 saturated carbocycles. The lowest BCUT2D eigenvalue weighted by Gasteiger charge is -2.36. The number of para-hydroxylation sites is 1. The molecule has 0 aliphatic heterocycles. The Kier molecular flexibility index (Phi) is 3.04. The number of benzene rings is 1. The molecule has 0 atom stereocenters. The van der Waals surface area contributed by atoms with Crippen molar-refractivity contribution in [1.29, 1.82) is 0 Å². The lowest BCUT2D eigenvalue weighted by atomic mass is 9.83. The molecule has 1 aromatic carbocycles. The first-order chi connectivity index (χ1) is 9.53. The van der Waals surface area contributed by atoms with Gasteiger partial charge in [0.25, 0.3) is 0 Å². The Morgan fingerprint density at radius 2 is 2.00 bits per heavy atom. The maximum atomic E-state index is 11.3. The van der Waals surface area contributed by atoms with E-state index in [1.165, 1.54) is 19.3 Å². The molecule has 0 amide bonds. The standard InChI is InChI=1S/C16H20N2O2/c1-11-17-14-12(15(19)20)7-6-8-13(14)18(11)16(2)9-4-3-5-10-16/h6-8H,3-5,9-10H2,1-2H3,(H,19,20). The highest BCUT2D eigenvalue weighted by Crippen LogP contribution is 2.38. The summed E-state index contributed by atoms with van der Waals surface area (Å²) in [5, 5.41) is 9.31. The number of fused-ring (bicyclic) bond motifs is 1. The molecule has 3 rings (SSSR count). The van der Waals surface area contributed by atoms with Gasteiger partial charge in [0.15, 0.2) is 0 Å². The minimum Gasteiger partial charge on any atom is -0.478 e. The molecule has 1 aliphatic carbocycles. The lowest BCUT2D eigenvalue weighted by Crippen LogP contribution is -2.33. The van der Waals surface area contributed by atoms with E-state index >= 15 is 0 Å². The van der Waals surface area contributed by atoms with Crippen LogP contribution in [0.15, 0.2) is 18.2 Å². The van der Waals surface area contributed by atoms with Crippen molar-refractivity contribution in [3.8, 4) is 0 Å². The lowest BCUT2D eigenvalue weighted by molar-refractivity contribution is 0.0699. The summed E-state index contributed by atoms with van der Waals surface area (Å²) in [5.74, 6) is 0.00662. The Morgan fingerprint density at radius 3 is 2.65 bits per heavy atom. The van der Waals surface area contributed by atoms with Gasteiger partial charge in [-0.15, -0.1) is 0 Å². The van der Waals surface area contributed by atoms with Gasteiger partial charge in [-0.25, -0.2) is 9.78 Å². The van der Waals surface area contributed by atoms with Gasteiger partial charge in [-0.1, -0.05) is 25.3 Å². The van der Waals surface area contributed by atoms with E-state index in [2.05, 4.69) is 16.5 Å². The maximum Gasteiger partial charge on any atom is 0.337 e. The monoisotopic (exact) mass is 272 g/mol. The summed E-state index contributed by atoms with van der Waals surface area (Å²) in [4.78, 5) is 15.9. The molecule has 4 nitrogen and oxygen atoms in total. The van der Waals surface area contributed by atoms with Crippen molar-refractivity contribution in [1.82, 2.24) is 9.55 Å². The number of imidazole rings is 1. The second-order valence-corrected chi connectivity index (χ2v) is 6.03. The van der Waals surface area contributed by atoms with Crippen molar-refractivity contribution < 1.29 is 9.90 Å². The number of carbonyl (C=O) groups is 1. The smallest absolute Gasteiger partial charge is 0.337 e. The SMILES string of the molecule is Cc1nc2c(C(=O)O)cccc2n1C1(C)CCCCC1. The van der Waals surface area contributed by atoms with Crippen LogP contribution in [0.1, 0.15) is 55.2 Å². The van der Waals surface area contributed by atoms with Gasteiger partial charge in [-0.2, -0.15) is 0 Å².